The minimum absolute atomic E-state index is 0.0255. The molecular weight excluding hydrogens is 336 g/mol. The van der Waals surface area contributed by atoms with Crippen molar-refractivity contribution in [1.82, 2.24) is 10.2 Å². The molecule has 128 valence electrons. The summed E-state index contributed by atoms with van der Waals surface area (Å²) in [7, 11) is 0. The maximum atomic E-state index is 13.5. The molecule has 3 rings (SSSR count). The Morgan fingerprint density at radius 2 is 2.04 bits per heavy atom. The lowest BCUT2D eigenvalue weighted by molar-refractivity contribution is -0.113. The molecule has 0 spiro atoms. The normalized spacial score (nSPS) is 15.4. The van der Waals surface area contributed by atoms with Crippen LogP contribution in [0.25, 0.3) is 0 Å². The van der Waals surface area contributed by atoms with Crippen molar-refractivity contribution in [3.8, 4) is 0 Å². The van der Waals surface area contributed by atoms with Crippen LogP contribution in [0.1, 0.15) is 43.9 Å². The first-order valence-electron chi connectivity index (χ1n) is 7.83. The molecule has 8 heteroatoms. The van der Waals surface area contributed by atoms with E-state index in [4.69, 9.17) is 4.42 Å². The Kier molecular flexibility index (Phi) is 5.44. The molecule has 24 heavy (non-hydrogen) atoms. The van der Waals surface area contributed by atoms with Gasteiger partial charge in [0, 0.05) is 12.0 Å². The molecule has 1 N–H and O–H groups in total. The van der Waals surface area contributed by atoms with Gasteiger partial charge in [-0.05, 0) is 25.0 Å². The lowest BCUT2D eigenvalue weighted by Crippen LogP contribution is -2.15. The second kappa shape index (κ2) is 7.74. The fourth-order valence-corrected chi connectivity index (χ4v) is 3.27. The van der Waals surface area contributed by atoms with E-state index >= 15 is 0 Å². The van der Waals surface area contributed by atoms with Crippen LogP contribution in [0.4, 0.5) is 14.5 Å². The van der Waals surface area contributed by atoms with Gasteiger partial charge >= 0.3 is 0 Å². The summed E-state index contributed by atoms with van der Waals surface area (Å²) in [4.78, 5) is 11.8. The van der Waals surface area contributed by atoms with Gasteiger partial charge < -0.3 is 9.73 Å². The van der Waals surface area contributed by atoms with Crippen LogP contribution in [0.3, 0.4) is 0 Å². The molecule has 5 nitrogen and oxygen atoms in total. The van der Waals surface area contributed by atoms with Crippen molar-refractivity contribution in [2.24, 2.45) is 0 Å². The van der Waals surface area contributed by atoms with Crippen molar-refractivity contribution < 1.29 is 18.0 Å². The Bertz CT molecular complexity index is 717. The van der Waals surface area contributed by atoms with E-state index in [1.807, 2.05) is 0 Å². The molecule has 1 aliphatic rings. The third-order valence-electron chi connectivity index (χ3n) is 3.91. The minimum Gasteiger partial charge on any atom is -0.416 e. The SMILES string of the molecule is O=C(CSc1nnc(C2CCCCC2)o1)Nc1cc(F)ccc1F. The van der Waals surface area contributed by atoms with Gasteiger partial charge in [0.05, 0.1) is 11.4 Å². The monoisotopic (exact) mass is 353 g/mol. The van der Waals surface area contributed by atoms with Crippen LogP contribution in [-0.2, 0) is 4.79 Å². The van der Waals surface area contributed by atoms with Crippen molar-refractivity contribution in [2.75, 3.05) is 11.1 Å². The van der Waals surface area contributed by atoms with Crippen LogP contribution in [0.5, 0.6) is 0 Å². The zero-order valence-electron chi connectivity index (χ0n) is 12.9. The highest BCUT2D eigenvalue weighted by atomic mass is 32.2. The van der Waals surface area contributed by atoms with Gasteiger partial charge in [0.2, 0.25) is 11.8 Å². The maximum absolute atomic E-state index is 13.5. The van der Waals surface area contributed by atoms with Gasteiger partial charge in [0.25, 0.3) is 5.22 Å². The quantitative estimate of drug-likeness (QED) is 0.819. The van der Waals surface area contributed by atoms with Crippen LogP contribution in [0.15, 0.2) is 27.8 Å². The number of halogens is 2. The smallest absolute Gasteiger partial charge is 0.277 e. The Balaban J connectivity index is 1.53. The highest BCUT2D eigenvalue weighted by Gasteiger charge is 2.21. The third kappa shape index (κ3) is 4.31. The number of benzene rings is 1. The van der Waals surface area contributed by atoms with Crippen LogP contribution in [0, 0.1) is 11.6 Å². The highest BCUT2D eigenvalue weighted by molar-refractivity contribution is 7.99. The first-order chi connectivity index (χ1) is 11.6. The summed E-state index contributed by atoms with van der Waals surface area (Å²) in [6.07, 6.45) is 5.66. The van der Waals surface area contributed by atoms with Crippen molar-refractivity contribution >= 4 is 23.4 Å². The van der Waals surface area contributed by atoms with E-state index in [1.54, 1.807) is 0 Å². The molecule has 1 heterocycles. The molecule has 1 amide bonds. The Morgan fingerprint density at radius 1 is 1.25 bits per heavy atom. The average Bonchev–Trinajstić information content (AvgIpc) is 3.06. The van der Waals surface area contributed by atoms with E-state index in [0.29, 0.717) is 17.0 Å². The van der Waals surface area contributed by atoms with E-state index < -0.39 is 17.5 Å². The Morgan fingerprint density at radius 3 is 2.83 bits per heavy atom. The first kappa shape index (κ1) is 16.9. The zero-order chi connectivity index (χ0) is 16.9. The summed E-state index contributed by atoms with van der Waals surface area (Å²) in [6, 6.07) is 2.89. The van der Waals surface area contributed by atoms with E-state index in [0.717, 1.165) is 55.6 Å². The lowest BCUT2D eigenvalue weighted by Gasteiger charge is -2.17. The first-order valence-corrected chi connectivity index (χ1v) is 8.81. The van der Waals surface area contributed by atoms with Crippen LogP contribution in [-0.4, -0.2) is 21.9 Å². The van der Waals surface area contributed by atoms with Crippen LogP contribution >= 0.6 is 11.8 Å². The number of rotatable bonds is 5. The van der Waals surface area contributed by atoms with Gasteiger partial charge in [-0.2, -0.15) is 0 Å². The molecular formula is C16H17F2N3O2S. The van der Waals surface area contributed by atoms with Crippen LogP contribution < -0.4 is 5.32 Å². The van der Waals surface area contributed by atoms with Gasteiger partial charge in [-0.15, -0.1) is 10.2 Å². The van der Waals surface area contributed by atoms with E-state index in [2.05, 4.69) is 15.5 Å². The summed E-state index contributed by atoms with van der Waals surface area (Å²) < 4.78 is 32.1. The summed E-state index contributed by atoms with van der Waals surface area (Å²) in [6.45, 7) is 0. The number of hydrogen-bond acceptors (Lipinski definition) is 5. The summed E-state index contributed by atoms with van der Waals surface area (Å²) >= 11 is 1.07. The van der Waals surface area contributed by atoms with Gasteiger partial charge in [0.1, 0.15) is 11.6 Å². The molecule has 0 atom stereocenters. The second-order valence-corrected chi connectivity index (χ2v) is 6.63. The van der Waals surface area contributed by atoms with Crippen molar-refractivity contribution in [1.29, 1.82) is 0 Å². The van der Waals surface area contributed by atoms with Gasteiger partial charge in [-0.1, -0.05) is 31.0 Å². The standard InChI is InChI=1S/C16H17F2N3O2S/c17-11-6-7-12(18)13(8-11)19-14(22)9-24-16-21-20-15(23-16)10-4-2-1-3-5-10/h6-8,10H,1-5,9H2,(H,19,22). The molecule has 1 fully saturated rings. The predicted octanol–water partition coefficient (Wildman–Crippen LogP) is 4.13. The van der Waals surface area contributed by atoms with Gasteiger partial charge in [-0.3, -0.25) is 4.79 Å². The van der Waals surface area contributed by atoms with Crippen LogP contribution in [0.2, 0.25) is 0 Å². The molecule has 0 aliphatic heterocycles. The van der Waals surface area contributed by atoms with Crippen molar-refractivity contribution in [3.05, 3.63) is 35.7 Å². The second-order valence-electron chi connectivity index (χ2n) is 5.70. The molecule has 1 saturated carbocycles. The Labute approximate surface area is 142 Å². The number of nitrogens with zero attached hydrogens (tertiary/aromatic N) is 2. The molecule has 0 saturated heterocycles. The highest BCUT2D eigenvalue weighted by Crippen LogP contribution is 2.32. The third-order valence-corrected chi connectivity index (χ3v) is 4.72. The molecule has 2 aromatic rings. The Hall–Kier alpha value is -1.96. The summed E-state index contributed by atoms with van der Waals surface area (Å²) in [5.41, 5.74) is -0.186. The number of hydrogen-bond donors (Lipinski definition) is 1. The molecule has 1 aliphatic carbocycles. The zero-order valence-corrected chi connectivity index (χ0v) is 13.7. The number of aromatic nitrogens is 2. The molecule has 0 bridgehead atoms. The molecule has 1 aromatic heterocycles. The largest absolute Gasteiger partial charge is 0.416 e. The van der Waals surface area contributed by atoms with Crippen molar-refractivity contribution in [2.45, 2.75) is 43.2 Å². The molecule has 1 aromatic carbocycles. The number of nitrogens with one attached hydrogen (secondary N) is 1. The number of anilines is 1. The van der Waals surface area contributed by atoms with E-state index in [-0.39, 0.29) is 11.4 Å². The minimum atomic E-state index is -0.688. The van der Waals surface area contributed by atoms with E-state index in [1.165, 1.54) is 6.42 Å². The molecule has 0 radical (unpaired) electrons. The van der Waals surface area contributed by atoms with E-state index in [9.17, 15) is 13.6 Å². The fourth-order valence-electron chi connectivity index (χ4n) is 2.70. The average molecular weight is 353 g/mol. The van der Waals surface area contributed by atoms with Gasteiger partial charge in [0.15, 0.2) is 0 Å². The predicted molar refractivity (Wildman–Crippen MR) is 85.8 cm³/mol. The van der Waals surface area contributed by atoms with Gasteiger partial charge in [-0.25, -0.2) is 8.78 Å². The number of carbonyl (C=O) groups excluding carboxylic acids is 1. The topological polar surface area (TPSA) is 68.0 Å². The van der Waals surface area contributed by atoms with Crippen molar-refractivity contribution in [3.63, 3.8) is 0 Å². The fraction of sp³-hybridized carbons (Fsp3) is 0.438. The number of amides is 1. The number of thioether (sulfide) groups is 1. The molecule has 0 unspecified atom stereocenters. The number of carbonyl (C=O) groups is 1. The lowest BCUT2D eigenvalue weighted by atomic mass is 9.89. The maximum Gasteiger partial charge on any atom is 0.277 e. The summed E-state index contributed by atoms with van der Waals surface area (Å²) in [5.74, 6) is -0.880. The summed E-state index contributed by atoms with van der Waals surface area (Å²) in [5, 5.41) is 10.6.